The molecule has 6 heteroatoms. The molecule has 1 aromatic rings. The Morgan fingerprint density at radius 3 is 2.73 bits per heavy atom. The van der Waals surface area contributed by atoms with Crippen LogP contribution in [0.2, 0.25) is 0 Å². The molecule has 0 unspecified atom stereocenters. The van der Waals surface area contributed by atoms with E-state index >= 15 is 0 Å². The van der Waals surface area contributed by atoms with Crippen molar-refractivity contribution in [3.63, 3.8) is 0 Å². The van der Waals surface area contributed by atoms with Crippen molar-refractivity contribution in [3.8, 4) is 5.75 Å². The van der Waals surface area contributed by atoms with Crippen molar-refractivity contribution in [1.29, 1.82) is 0 Å². The number of hydrogen-bond acceptors (Lipinski definition) is 4. The molecule has 2 rings (SSSR count). The lowest BCUT2D eigenvalue weighted by atomic mass is 10.1. The van der Waals surface area contributed by atoms with Gasteiger partial charge in [0.2, 0.25) is 0 Å². The topological polar surface area (TPSA) is 76.1 Å². The third-order valence-electron chi connectivity index (χ3n) is 3.61. The maximum atomic E-state index is 12.3. The van der Waals surface area contributed by atoms with E-state index in [0.29, 0.717) is 31.8 Å². The first-order valence-corrected chi connectivity index (χ1v) is 7.35. The first-order valence-electron chi connectivity index (χ1n) is 7.35. The zero-order chi connectivity index (χ0) is 15.9. The van der Waals surface area contributed by atoms with Gasteiger partial charge < -0.3 is 19.5 Å². The molecule has 0 bridgehead atoms. The van der Waals surface area contributed by atoms with Crippen molar-refractivity contribution < 1.29 is 24.2 Å². The molecule has 1 aliphatic rings. The van der Waals surface area contributed by atoms with Gasteiger partial charge in [-0.2, -0.15) is 0 Å². The Morgan fingerprint density at radius 1 is 1.36 bits per heavy atom. The largest absolute Gasteiger partial charge is 0.484 e. The maximum absolute atomic E-state index is 12.3. The molecule has 1 aliphatic heterocycles. The van der Waals surface area contributed by atoms with Crippen LogP contribution in [0, 0.1) is 6.92 Å². The third kappa shape index (κ3) is 4.73. The Kier molecular flexibility index (Phi) is 5.77. The maximum Gasteiger partial charge on any atom is 0.323 e. The Morgan fingerprint density at radius 2 is 2.09 bits per heavy atom. The molecule has 1 saturated heterocycles. The van der Waals surface area contributed by atoms with E-state index in [1.807, 2.05) is 25.1 Å². The van der Waals surface area contributed by atoms with Crippen molar-refractivity contribution in [2.24, 2.45) is 0 Å². The minimum atomic E-state index is -1.02. The van der Waals surface area contributed by atoms with Gasteiger partial charge in [0.05, 0.1) is 0 Å². The molecule has 0 radical (unpaired) electrons. The van der Waals surface area contributed by atoms with Gasteiger partial charge in [-0.1, -0.05) is 12.1 Å². The van der Waals surface area contributed by atoms with E-state index in [9.17, 15) is 9.59 Å². The van der Waals surface area contributed by atoms with Gasteiger partial charge in [0.15, 0.2) is 6.61 Å². The lowest BCUT2D eigenvalue weighted by Gasteiger charge is -2.33. The van der Waals surface area contributed by atoms with Crippen LogP contribution in [-0.2, 0) is 14.3 Å². The molecule has 22 heavy (non-hydrogen) atoms. The van der Waals surface area contributed by atoms with Gasteiger partial charge in [-0.15, -0.1) is 0 Å². The van der Waals surface area contributed by atoms with E-state index in [2.05, 4.69) is 0 Å². The SMILES string of the molecule is Cc1cccc(OCC(=O)N(CC(=O)O)C2CCOCC2)c1. The highest BCUT2D eigenvalue weighted by atomic mass is 16.5. The summed E-state index contributed by atoms with van der Waals surface area (Å²) < 4.78 is 10.7. The fourth-order valence-corrected chi connectivity index (χ4v) is 2.50. The predicted octanol–water partition coefficient (Wildman–Crippen LogP) is 1.47. The second-order valence-electron chi connectivity index (χ2n) is 5.36. The third-order valence-corrected chi connectivity index (χ3v) is 3.61. The quantitative estimate of drug-likeness (QED) is 0.861. The summed E-state index contributed by atoms with van der Waals surface area (Å²) in [5.74, 6) is -0.721. The van der Waals surface area contributed by atoms with E-state index in [0.717, 1.165) is 5.56 Å². The standard InChI is InChI=1S/C16H21NO5/c1-12-3-2-4-14(9-12)22-11-15(18)17(10-16(19)20)13-5-7-21-8-6-13/h2-4,9,13H,5-8,10-11H2,1H3,(H,19,20). The van der Waals surface area contributed by atoms with Crippen LogP contribution in [0.4, 0.5) is 0 Å². The van der Waals surface area contributed by atoms with Crippen molar-refractivity contribution in [1.82, 2.24) is 4.90 Å². The van der Waals surface area contributed by atoms with E-state index in [-0.39, 0.29) is 25.1 Å². The van der Waals surface area contributed by atoms with Crippen molar-refractivity contribution in [2.75, 3.05) is 26.4 Å². The highest BCUT2D eigenvalue weighted by Crippen LogP contribution is 2.16. The van der Waals surface area contributed by atoms with Crippen LogP contribution in [0.3, 0.4) is 0 Å². The van der Waals surface area contributed by atoms with E-state index < -0.39 is 5.97 Å². The summed E-state index contributed by atoms with van der Waals surface area (Å²) >= 11 is 0. The summed E-state index contributed by atoms with van der Waals surface area (Å²) in [6.07, 6.45) is 1.31. The van der Waals surface area contributed by atoms with Crippen LogP contribution in [0.25, 0.3) is 0 Å². The molecule has 1 aromatic carbocycles. The minimum absolute atomic E-state index is 0.0986. The van der Waals surface area contributed by atoms with Gasteiger partial charge in [0, 0.05) is 19.3 Å². The first kappa shape index (κ1) is 16.3. The number of aliphatic carboxylic acids is 1. The molecule has 0 spiro atoms. The number of nitrogens with zero attached hydrogens (tertiary/aromatic N) is 1. The Hall–Kier alpha value is -2.08. The molecule has 1 N–H and O–H groups in total. The average molecular weight is 307 g/mol. The Labute approximate surface area is 129 Å². The van der Waals surface area contributed by atoms with Crippen molar-refractivity contribution in [3.05, 3.63) is 29.8 Å². The lowest BCUT2D eigenvalue weighted by molar-refractivity contribution is -0.148. The summed E-state index contributed by atoms with van der Waals surface area (Å²) in [6.45, 7) is 2.57. The highest BCUT2D eigenvalue weighted by molar-refractivity contribution is 5.82. The number of rotatable bonds is 6. The molecule has 1 amide bonds. The van der Waals surface area contributed by atoms with E-state index in [1.54, 1.807) is 6.07 Å². The predicted molar refractivity (Wildman–Crippen MR) is 79.9 cm³/mol. The smallest absolute Gasteiger partial charge is 0.323 e. The van der Waals surface area contributed by atoms with E-state index in [4.69, 9.17) is 14.6 Å². The summed E-state index contributed by atoms with van der Waals surface area (Å²) in [6, 6.07) is 7.30. The van der Waals surface area contributed by atoms with Crippen LogP contribution in [-0.4, -0.2) is 54.3 Å². The van der Waals surface area contributed by atoms with Crippen LogP contribution in [0.15, 0.2) is 24.3 Å². The molecule has 1 heterocycles. The molecule has 0 atom stereocenters. The zero-order valence-electron chi connectivity index (χ0n) is 12.7. The summed E-state index contributed by atoms with van der Waals surface area (Å²) in [7, 11) is 0. The number of carbonyl (C=O) groups is 2. The molecule has 6 nitrogen and oxygen atoms in total. The van der Waals surface area contributed by atoms with Crippen LogP contribution in [0.5, 0.6) is 5.75 Å². The fourth-order valence-electron chi connectivity index (χ4n) is 2.50. The number of benzene rings is 1. The first-order chi connectivity index (χ1) is 10.6. The van der Waals surface area contributed by atoms with Crippen LogP contribution >= 0.6 is 0 Å². The van der Waals surface area contributed by atoms with Gasteiger partial charge in [-0.05, 0) is 37.5 Å². The number of carboxylic acids is 1. The average Bonchev–Trinajstić information content (AvgIpc) is 2.51. The number of aryl methyl sites for hydroxylation is 1. The monoisotopic (exact) mass is 307 g/mol. The number of carbonyl (C=O) groups excluding carboxylic acids is 1. The number of hydrogen-bond donors (Lipinski definition) is 1. The summed E-state index contributed by atoms with van der Waals surface area (Å²) in [4.78, 5) is 24.7. The second-order valence-corrected chi connectivity index (χ2v) is 5.36. The molecule has 0 saturated carbocycles. The number of amides is 1. The normalized spacial score (nSPS) is 15.3. The lowest BCUT2D eigenvalue weighted by Crippen LogP contribution is -2.47. The summed E-state index contributed by atoms with van der Waals surface area (Å²) in [5, 5.41) is 9.02. The van der Waals surface area contributed by atoms with Gasteiger partial charge in [-0.25, -0.2) is 0 Å². The van der Waals surface area contributed by atoms with Gasteiger partial charge in [0.1, 0.15) is 12.3 Å². The van der Waals surface area contributed by atoms with Gasteiger partial charge >= 0.3 is 5.97 Å². The van der Waals surface area contributed by atoms with Crippen molar-refractivity contribution >= 4 is 11.9 Å². The molecule has 0 aromatic heterocycles. The molecule has 0 aliphatic carbocycles. The van der Waals surface area contributed by atoms with Gasteiger partial charge in [-0.3, -0.25) is 9.59 Å². The number of ether oxygens (including phenoxy) is 2. The van der Waals surface area contributed by atoms with Gasteiger partial charge in [0.25, 0.3) is 5.91 Å². The van der Waals surface area contributed by atoms with Crippen LogP contribution < -0.4 is 4.74 Å². The molecule has 120 valence electrons. The Balaban J connectivity index is 1.97. The minimum Gasteiger partial charge on any atom is -0.484 e. The highest BCUT2D eigenvalue weighted by Gasteiger charge is 2.27. The molecule has 1 fully saturated rings. The Bertz CT molecular complexity index is 525. The fraction of sp³-hybridized carbons (Fsp3) is 0.500. The molecular formula is C16H21NO5. The molecular weight excluding hydrogens is 286 g/mol. The van der Waals surface area contributed by atoms with E-state index in [1.165, 1.54) is 4.90 Å². The number of carboxylic acid groups (broad SMARTS) is 1. The van der Waals surface area contributed by atoms with Crippen LogP contribution in [0.1, 0.15) is 18.4 Å². The second kappa shape index (κ2) is 7.79. The summed E-state index contributed by atoms with van der Waals surface area (Å²) in [5.41, 5.74) is 1.04. The van der Waals surface area contributed by atoms with Crippen molar-refractivity contribution in [2.45, 2.75) is 25.8 Å². The zero-order valence-corrected chi connectivity index (χ0v) is 12.7.